The number of benzene rings is 2. The molecule has 7 heteroatoms. The Morgan fingerprint density at radius 3 is 2.60 bits per heavy atom. The molecule has 0 radical (unpaired) electrons. The second-order valence-corrected chi connectivity index (χ2v) is 6.87. The number of anilines is 2. The van der Waals surface area contributed by atoms with Crippen LogP contribution in [0.2, 0.25) is 0 Å². The number of carbonyl (C=O) groups is 1. The Bertz CT molecular complexity index is 1240. The van der Waals surface area contributed by atoms with Crippen molar-refractivity contribution in [1.82, 2.24) is 14.8 Å². The van der Waals surface area contributed by atoms with Gasteiger partial charge in [0.05, 0.1) is 22.6 Å². The lowest BCUT2D eigenvalue weighted by atomic mass is 10.1. The quantitative estimate of drug-likeness (QED) is 0.484. The number of aromatic nitrogens is 3. The van der Waals surface area contributed by atoms with Crippen LogP contribution in [-0.4, -0.2) is 25.8 Å². The maximum Gasteiger partial charge on any atom is 0.337 e. The molecule has 0 amide bonds. The summed E-state index contributed by atoms with van der Waals surface area (Å²) in [6.07, 6.45) is 3.40. The number of aromatic carboxylic acids is 1. The Labute approximate surface area is 172 Å². The molecule has 0 fully saturated rings. The molecule has 4 aromatic rings. The number of nitrogens with zero attached hydrogens (tertiary/aromatic N) is 3. The van der Waals surface area contributed by atoms with E-state index in [9.17, 15) is 14.3 Å². The molecule has 30 heavy (non-hydrogen) atoms. The van der Waals surface area contributed by atoms with Crippen molar-refractivity contribution in [2.75, 3.05) is 5.32 Å². The molecule has 2 N–H and O–H groups in total. The van der Waals surface area contributed by atoms with Crippen LogP contribution in [0.1, 0.15) is 21.6 Å². The molecule has 0 aliphatic rings. The molecule has 2 heterocycles. The second-order valence-electron chi connectivity index (χ2n) is 6.87. The van der Waals surface area contributed by atoms with Crippen LogP contribution in [0.5, 0.6) is 0 Å². The average molecular weight is 402 g/mol. The molecule has 0 aliphatic carbocycles. The molecule has 0 unspecified atom stereocenters. The fourth-order valence-corrected chi connectivity index (χ4v) is 3.40. The standard InChI is InChI=1S/C23H19FN4O2/c1-14-6-3-4-8-20(14)28-22(21(15(2)27-28)16-7-5-11-25-13-16)26-19-10-9-17(24)12-18(19)23(29)30/h3-13,26H,1-2H3,(H,29,30). The molecular weight excluding hydrogens is 383 g/mol. The van der Waals surface area contributed by atoms with Crippen molar-refractivity contribution >= 4 is 17.5 Å². The maximum absolute atomic E-state index is 13.7. The molecule has 0 aliphatic heterocycles. The summed E-state index contributed by atoms with van der Waals surface area (Å²) in [5.41, 5.74) is 4.30. The molecule has 2 aromatic carbocycles. The third-order valence-electron chi connectivity index (χ3n) is 4.82. The summed E-state index contributed by atoms with van der Waals surface area (Å²) in [5, 5.41) is 17.5. The van der Waals surface area contributed by atoms with Gasteiger partial charge < -0.3 is 10.4 Å². The molecule has 0 saturated heterocycles. The Kier molecular flexibility index (Phi) is 5.02. The first kappa shape index (κ1) is 19.3. The molecule has 150 valence electrons. The monoisotopic (exact) mass is 402 g/mol. The van der Waals surface area contributed by atoms with Gasteiger partial charge in [-0.25, -0.2) is 13.9 Å². The van der Waals surface area contributed by atoms with Crippen LogP contribution in [0, 0.1) is 19.7 Å². The van der Waals surface area contributed by atoms with Gasteiger partial charge in [-0.2, -0.15) is 5.10 Å². The molecule has 0 bridgehead atoms. The number of rotatable bonds is 5. The van der Waals surface area contributed by atoms with E-state index in [1.807, 2.05) is 50.2 Å². The lowest BCUT2D eigenvalue weighted by Crippen LogP contribution is -2.08. The van der Waals surface area contributed by atoms with E-state index in [1.54, 1.807) is 17.1 Å². The van der Waals surface area contributed by atoms with Crippen molar-refractivity contribution in [2.24, 2.45) is 0 Å². The summed E-state index contributed by atoms with van der Waals surface area (Å²) in [6.45, 7) is 3.85. The normalized spacial score (nSPS) is 10.8. The minimum Gasteiger partial charge on any atom is -0.478 e. The third-order valence-corrected chi connectivity index (χ3v) is 4.82. The Balaban J connectivity index is 1.96. The van der Waals surface area contributed by atoms with E-state index >= 15 is 0 Å². The highest BCUT2D eigenvalue weighted by Gasteiger charge is 2.21. The minimum atomic E-state index is -1.22. The summed E-state index contributed by atoms with van der Waals surface area (Å²) in [6, 6.07) is 15.1. The Morgan fingerprint density at radius 1 is 1.10 bits per heavy atom. The van der Waals surface area contributed by atoms with Gasteiger partial charge >= 0.3 is 5.97 Å². The largest absolute Gasteiger partial charge is 0.478 e. The van der Waals surface area contributed by atoms with Crippen LogP contribution in [-0.2, 0) is 0 Å². The smallest absolute Gasteiger partial charge is 0.337 e. The van der Waals surface area contributed by atoms with Gasteiger partial charge in [-0.05, 0) is 49.7 Å². The van der Waals surface area contributed by atoms with E-state index in [2.05, 4.69) is 10.3 Å². The minimum absolute atomic E-state index is 0.165. The molecule has 0 spiro atoms. The lowest BCUT2D eigenvalue weighted by Gasteiger charge is -2.15. The predicted molar refractivity (Wildman–Crippen MR) is 113 cm³/mol. The maximum atomic E-state index is 13.7. The summed E-state index contributed by atoms with van der Waals surface area (Å²) in [7, 11) is 0. The highest BCUT2D eigenvalue weighted by molar-refractivity contribution is 5.96. The first-order valence-electron chi connectivity index (χ1n) is 9.31. The predicted octanol–water partition coefficient (Wildman–Crippen LogP) is 5.13. The van der Waals surface area contributed by atoms with Crippen molar-refractivity contribution in [1.29, 1.82) is 0 Å². The topological polar surface area (TPSA) is 80.0 Å². The van der Waals surface area contributed by atoms with E-state index in [1.165, 1.54) is 12.1 Å². The number of carboxylic acids is 1. The Hall–Kier alpha value is -4.00. The molecule has 2 aromatic heterocycles. The van der Waals surface area contributed by atoms with Crippen molar-refractivity contribution in [2.45, 2.75) is 13.8 Å². The van der Waals surface area contributed by atoms with Gasteiger partial charge in [0, 0.05) is 23.5 Å². The van der Waals surface area contributed by atoms with E-state index < -0.39 is 11.8 Å². The van der Waals surface area contributed by atoms with Crippen LogP contribution in [0.25, 0.3) is 16.8 Å². The number of carboxylic acid groups (broad SMARTS) is 1. The first-order valence-corrected chi connectivity index (χ1v) is 9.31. The number of halogens is 1. The molecule has 0 saturated carbocycles. The summed E-state index contributed by atoms with van der Waals surface area (Å²) >= 11 is 0. The van der Waals surface area contributed by atoms with Gasteiger partial charge in [-0.15, -0.1) is 0 Å². The lowest BCUT2D eigenvalue weighted by molar-refractivity contribution is 0.0697. The number of pyridine rings is 1. The third kappa shape index (κ3) is 3.53. The zero-order valence-electron chi connectivity index (χ0n) is 16.4. The van der Waals surface area contributed by atoms with Gasteiger partial charge in [-0.1, -0.05) is 24.3 Å². The second kappa shape index (κ2) is 7.79. The van der Waals surface area contributed by atoms with Crippen LogP contribution in [0.15, 0.2) is 67.0 Å². The first-order chi connectivity index (χ1) is 14.5. The number of hydrogen-bond donors (Lipinski definition) is 2. The summed E-state index contributed by atoms with van der Waals surface area (Å²) < 4.78 is 15.4. The summed E-state index contributed by atoms with van der Waals surface area (Å²) in [4.78, 5) is 15.9. The van der Waals surface area contributed by atoms with Crippen molar-refractivity contribution in [3.63, 3.8) is 0 Å². The van der Waals surface area contributed by atoms with Crippen molar-refractivity contribution < 1.29 is 14.3 Å². The van der Waals surface area contributed by atoms with E-state index in [0.717, 1.165) is 34.1 Å². The highest BCUT2D eigenvalue weighted by Crippen LogP contribution is 2.36. The average Bonchev–Trinajstić information content (AvgIpc) is 3.05. The molecule has 4 rings (SSSR count). The van der Waals surface area contributed by atoms with E-state index in [0.29, 0.717) is 5.82 Å². The summed E-state index contributed by atoms with van der Waals surface area (Å²) in [5.74, 6) is -1.27. The van der Waals surface area contributed by atoms with Gasteiger partial charge in [0.25, 0.3) is 0 Å². The SMILES string of the molecule is Cc1ccccc1-n1nc(C)c(-c2cccnc2)c1Nc1ccc(F)cc1C(=O)O. The number of nitrogens with one attached hydrogen (secondary N) is 1. The van der Waals surface area contributed by atoms with E-state index in [-0.39, 0.29) is 11.3 Å². The van der Waals surface area contributed by atoms with Gasteiger partial charge in [-0.3, -0.25) is 4.98 Å². The van der Waals surface area contributed by atoms with Gasteiger partial charge in [0.2, 0.25) is 0 Å². The van der Waals surface area contributed by atoms with Crippen molar-refractivity contribution in [3.8, 4) is 16.8 Å². The van der Waals surface area contributed by atoms with E-state index in [4.69, 9.17) is 5.10 Å². The molecule has 6 nitrogen and oxygen atoms in total. The number of aryl methyl sites for hydroxylation is 2. The number of para-hydroxylation sites is 1. The fraction of sp³-hybridized carbons (Fsp3) is 0.0870. The zero-order valence-corrected chi connectivity index (χ0v) is 16.4. The fourth-order valence-electron chi connectivity index (χ4n) is 3.40. The zero-order chi connectivity index (χ0) is 21.3. The Morgan fingerprint density at radius 2 is 1.90 bits per heavy atom. The van der Waals surface area contributed by atoms with Crippen LogP contribution in [0.4, 0.5) is 15.9 Å². The van der Waals surface area contributed by atoms with Crippen molar-refractivity contribution in [3.05, 3.63) is 89.6 Å². The van der Waals surface area contributed by atoms with Crippen LogP contribution in [0.3, 0.4) is 0 Å². The van der Waals surface area contributed by atoms with Crippen LogP contribution < -0.4 is 5.32 Å². The molecule has 0 atom stereocenters. The van der Waals surface area contributed by atoms with Crippen LogP contribution >= 0.6 is 0 Å². The molecular formula is C23H19FN4O2. The van der Waals surface area contributed by atoms with Gasteiger partial charge in [0.1, 0.15) is 11.6 Å². The highest BCUT2D eigenvalue weighted by atomic mass is 19.1. The van der Waals surface area contributed by atoms with Gasteiger partial charge in [0.15, 0.2) is 0 Å². The number of hydrogen-bond acceptors (Lipinski definition) is 4.